The first-order chi connectivity index (χ1) is 21.2. The molecule has 13 heteroatoms. The van der Waals surface area contributed by atoms with E-state index in [1.807, 2.05) is 0 Å². The number of Topliss-reactive ketones (excluding diaryl/α,β-unsaturated/α-hetero) is 1. The third-order valence-corrected chi connectivity index (χ3v) is 7.35. The van der Waals surface area contributed by atoms with Crippen LogP contribution in [0.15, 0.2) is 70.5 Å². The van der Waals surface area contributed by atoms with E-state index in [1.54, 1.807) is 13.0 Å². The maximum atomic E-state index is 15.3. The van der Waals surface area contributed by atoms with Gasteiger partial charge in [0.2, 0.25) is 0 Å². The summed E-state index contributed by atoms with van der Waals surface area (Å²) in [4.78, 5) is 44.2. The summed E-state index contributed by atoms with van der Waals surface area (Å²) in [5, 5.41) is 19.8. The number of ether oxygens (including phenoxy) is 1. The van der Waals surface area contributed by atoms with Crippen molar-refractivity contribution in [3.05, 3.63) is 105 Å². The molecule has 0 bridgehead atoms. The molecule has 1 saturated carbocycles. The average molecular weight is 603 g/mol. The van der Waals surface area contributed by atoms with Gasteiger partial charge in [0.15, 0.2) is 28.8 Å². The second-order valence-electron chi connectivity index (χ2n) is 10.8. The summed E-state index contributed by atoms with van der Waals surface area (Å²) >= 11 is 0. The maximum Gasteiger partial charge on any atom is 0.335 e. The standard InChI is InChI=1S/C31H28F2N6O5/c1-17(16-40)35-29-27-26(10-11-34-28(27)36-37-29)44-25-9-4-19(12-23(25)33)13-24(41)22-15-38(14-18-2-3-18)31(43)39(30(22)42)21-7-5-20(32)6-8-21/h4-12,15,17-18,40H,2-3,13-14,16H2,1H3,(H2,34,35,36,37)/t17-/m1/s1. The van der Waals surface area contributed by atoms with Gasteiger partial charge in [0, 0.05) is 37.5 Å². The number of anilines is 1. The van der Waals surface area contributed by atoms with Crippen LogP contribution in [-0.4, -0.2) is 47.9 Å². The van der Waals surface area contributed by atoms with Crippen LogP contribution in [0.3, 0.4) is 0 Å². The Kier molecular flexibility index (Phi) is 7.78. The number of carbonyl (C=O) groups excluding carboxylic acids is 1. The van der Waals surface area contributed by atoms with Crippen molar-refractivity contribution in [1.82, 2.24) is 24.3 Å². The second kappa shape index (κ2) is 11.8. The van der Waals surface area contributed by atoms with Gasteiger partial charge in [-0.15, -0.1) is 0 Å². The molecule has 1 fully saturated rings. The quantitative estimate of drug-likeness (QED) is 0.193. The predicted octanol–water partition coefficient (Wildman–Crippen LogP) is 3.97. The van der Waals surface area contributed by atoms with E-state index >= 15 is 4.39 Å². The summed E-state index contributed by atoms with van der Waals surface area (Å²) < 4.78 is 36.9. The maximum absolute atomic E-state index is 15.3. The number of pyridine rings is 1. The minimum Gasteiger partial charge on any atom is -0.453 e. The van der Waals surface area contributed by atoms with Gasteiger partial charge in [0.1, 0.15) is 22.5 Å². The SMILES string of the molecule is C[C@H](CO)Nc1n[nH]c2nccc(Oc3ccc(CC(=O)c4cn(CC5CC5)c(=O)n(-c5ccc(F)cc5)c4=O)cc3F)c12. The smallest absolute Gasteiger partial charge is 0.335 e. The number of halogens is 2. The van der Waals surface area contributed by atoms with Crippen LogP contribution >= 0.6 is 0 Å². The van der Waals surface area contributed by atoms with Gasteiger partial charge in [-0.3, -0.25) is 19.3 Å². The Hall–Kier alpha value is -5.17. The molecule has 1 aliphatic rings. The highest BCUT2D eigenvalue weighted by Gasteiger charge is 2.25. The van der Waals surface area contributed by atoms with Crippen LogP contribution in [-0.2, 0) is 13.0 Å². The first kappa shape index (κ1) is 28.9. The summed E-state index contributed by atoms with van der Waals surface area (Å²) in [6.45, 7) is 1.97. The molecule has 1 atom stereocenters. The zero-order valence-corrected chi connectivity index (χ0v) is 23.6. The van der Waals surface area contributed by atoms with Gasteiger partial charge in [-0.25, -0.2) is 23.1 Å². The van der Waals surface area contributed by atoms with Crippen LogP contribution in [0.2, 0.25) is 0 Å². The number of aromatic nitrogens is 5. The summed E-state index contributed by atoms with van der Waals surface area (Å²) in [5.74, 6) is -1.10. The molecule has 2 aromatic carbocycles. The molecule has 3 heterocycles. The van der Waals surface area contributed by atoms with Gasteiger partial charge in [-0.05, 0) is 67.6 Å². The van der Waals surface area contributed by atoms with Gasteiger partial charge in [0.25, 0.3) is 5.56 Å². The summed E-state index contributed by atoms with van der Waals surface area (Å²) in [6.07, 6.45) is 4.30. The van der Waals surface area contributed by atoms with E-state index in [4.69, 9.17) is 4.74 Å². The number of aliphatic hydroxyl groups excluding tert-OH is 1. The number of hydrogen-bond acceptors (Lipinski definition) is 8. The van der Waals surface area contributed by atoms with Crippen molar-refractivity contribution in [2.75, 3.05) is 11.9 Å². The third-order valence-electron chi connectivity index (χ3n) is 7.35. The molecule has 3 N–H and O–H groups in total. The van der Waals surface area contributed by atoms with Crippen LogP contribution in [0.5, 0.6) is 11.5 Å². The fraction of sp³-hybridized carbons (Fsp3) is 0.258. The molecule has 44 heavy (non-hydrogen) atoms. The van der Waals surface area contributed by atoms with E-state index in [0.29, 0.717) is 23.4 Å². The molecule has 3 aromatic heterocycles. The molecular weight excluding hydrogens is 574 g/mol. The van der Waals surface area contributed by atoms with Gasteiger partial charge in [0.05, 0.1) is 12.3 Å². The van der Waals surface area contributed by atoms with Crippen molar-refractivity contribution in [3.8, 4) is 17.2 Å². The number of nitrogens with zero attached hydrogens (tertiary/aromatic N) is 4. The highest BCUT2D eigenvalue weighted by Crippen LogP contribution is 2.34. The fourth-order valence-corrected chi connectivity index (χ4v) is 4.85. The number of H-pyrrole nitrogens is 1. The highest BCUT2D eigenvalue weighted by atomic mass is 19.1. The molecule has 11 nitrogen and oxygen atoms in total. The van der Waals surface area contributed by atoms with Crippen molar-refractivity contribution in [2.45, 2.75) is 38.8 Å². The van der Waals surface area contributed by atoms with Crippen molar-refractivity contribution < 1.29 is 23.4 Å². The van der Waals surface area contributed by atoms with Crippen LogP contribution in [0.1, 0.15) is 35.7 Å². The lowest BCUT2D eigenvalue weighted by Crippen LogP contribution is -2.41. The number of fused-ring (bicyclic) bond motifs is 1. The summed E-state index contributed by atoms with van der Waals surface area (Å²) in [6, 6.07) is 10.1. The van der Waals surface area contributed by atoms with Gasteiger partial charge in [-0.1, -0.05) is 6.07 Å². The van der Waals surface area contributed by atoms with Crippen LogP contribution in [0.25, 0.3) is 16.7 Å². The molecule has 226 valence electrons. The lowest BCUT2D eigenvalue weighted by atomic mass is 10.0. The van der Waals surface area contributed by atoms with E-state index in [-0.39, 0.29) is 53.3 Å². The summed E-state index contributed by atoms with van der Waals surface area (Å²) in [7, 11) is 0. The second-order valence-corrected chi connectivity index (χ2v) is 10.8. The number of nitrogens with one attached hydrogen (secondary N) is 2. The zero-order valence-electron chi connectivity index (χ0n) is 23.6. The monoisotopic (exact) mass is 602 g/mol. The van der Waals surface area contributed by atoms with Crippen LogP contribution in [0.4, 0.5) is 14.6 Å². The minimum absolute atomic E-state index is 0.118. The van der Waals surface area contributed by atoms with E-state index in [1.165, 1.54) is 41.2 Å². The molecule has 0 spiro atoms. The Bertz CT molecular complexity index is 1980. The molecular formula is C31H28F2N6O5. The number of aliphatic hydroxyl groups is 1. The van der Waals surface area contributed by atoms with Crippen LogP contribution in [0, 0.1) is 17.6 Å². The number of carbonyl (C=O) groups is 1. The molecule has 0 radical (unpaired) electrons. The van der Waals surface area contributed by atoms with E-state index < -0.39 is 28.7 Å². The van der Waals surface area contributed by atoms with E-state index in [2.05, 4.69) is 20.5 Å². The van der Waals surface area contributed by atoms with Crippen molar-refractivity contribution >= 4 is 22.6 Å². The first-order valence-corrected chi connectivity index (χ1v) is 14.0. The number of rotatable bonds is 11. The topological polar surface area (TPSA) is 144 Å². The Morgan fingerprint density at radius 1 is 1.14 bits per heavy atom. The molecule has 1 aliphatic carbocycles. The zero-order chi connectivity index (χ0) is 31.0. The average Bonchev–Trinajstić information content (AvgIpc) is 3.74. The van der Waals surface area contributed by atoms with Crippen molar-refractivity contribution in [2.24, 2.45) is 5.92 Å². The fourth-order valence-electron chi connectivity index (χ4n) is 4.85. The molecule has 0 aliphatic heterocycles. The minimum atomic E-state index is -0.833. The normalized spacial score (nSPS) is 13.6. The van der Waals surface area contributed by atoms with Gasteiger partial charge < -0.3 is 15.2 Å². The largest absolute Gasteiger partial charge is 0.453 e. The number of aromatic amines is 1. The number of benzene rings is 2. The first-order valence-electron chi connectivity index (χ1n) is 14.0. The molecule has 0 saturated heterocycles. The third kappa shape index (κ3) is 5.86. The Morgan fingerprint density at radius 2 is 1.91 bits per heavy atom. The predicted molar refractivity (Wildman–Crippen MR) is 158 cm³/mol. The lowest BCUT2D eigenvalue weighted by molar-refractivity contribution is 0.0990. The molecule has 6 rings (SSSR count). The van der Waals surface area contributed by atoms with Crippen LogP contribution < -0.4 is 21.3 Å². The number of hydrogen-bond donors (Lipinski definition) is 3. The van der Waals surface area contributed by atoms with Crippen molar-refractivity contribution in [3.63, 3.8) is 0 Å². The van der Waals surface area contributed by atoms with Crippen molar-refractivity contribution in [1.29, 1.82) is 0 Å². The van der Waals surface area contributed by atoms with E-state index in [9.17, 15) is 23.9 Å². The Labute approximate surface area is 248 Å². The molecule has 0 amide bonds. The Morgan fingerprint density at radius 3 is 2.61 bits per heavy atom. The Balaban J connectivity index is 1.28. The summed E-state index contributed by atoms with van der Waals surface area (Å²) in [5.41, 5.74) is -0.862. The van der Waals surface area contributed by atoms with Gasteiger partial charge >= 0.3 is 5.69 Å². The highest BCUT2D eigenvalue weighted by molar-refractivity contribution is 5.97. The molecule has 0 unspecified atom stereocenters. The lowest BCUT2D eigenvalue weighted by Gasteiger charge is -2.13. The van der Waals surface area contributed by atoms with Gasteiger partial charge in [-0.2, -0.15) is 5.10 Å². The number of ketones is 1. The van der Waals surface area contributed by atoms with E-state index in [0.717, 1.165) is 35.6 Å². The molecule has 5 aromatic rings.